The summed E-state index contributed by atoms with van der Waals surface area (Å²) in [6, 6.07) is 8.66. The first-order valence-electron chi connectivity index (χ1n) is 50.4. The molecule has 10 rings (SSSR count). The number of rotatable bonds is 40. The highest BCUT2D eigenvalue weighted by Crippen LogP contribution is 2.55. The van der Waals surface area contributed by atoms with Gasteiger partial charge in [0.05, 0.1) is 138 Å². The molecule has 0 radical (unpaired) electrons. The molecule has 2 aliphatic carbocycles. The lowest BCUT2D eigenvalue weighted by molar-refractivity contribution is -0.0101. The summed E-state index contributed by atoms with van der Waals surface area (Å²) in [4.78, 5) is 106. The van der Waals surface area contributed by atoms with Crippen molar-refractivity contribution >= 4 is 33.8 Å². The molecular weight excluding hydrogens is 1910 g/mol. The van der Waals surface area contributed by atoms with Crippen molar-refractivity contribution in [1.82, 2.24) is 47.5 Å². The third-order valence-corrected chi connectivity index (χ3v) is 27.6. The molecule has 782 valence electrons. The standard InChI is InChI=1S/C21H31N4O6P.C21H26N3O5P.C20H29N4O5P.C17H20N2O4.C15H22NO2P.4CH4O/c1-7-10-28-18-13-24(21(27)23-20(18)26)19-12-17(16(6)30-19)31-32(29-11-8-9-22)25(14(2)3)15(4)5;1-4-5-6-7-8-9-11-17-15-24(21(26)23-20(17)25)19-14-18(16(2)28-19)29-30(3)27-13-10-12-22;1-7-16-12-23(20(26)22-19(16)25)18-11-17(15(6)28-18)29-30(27-10-8-9-21)24(13(2)3)14(4)5;1-3-4-5-6-7-8-9-13-11-19(17(22)18-16(13)21)15-10-14(20)12(2)23-15;1-19(17-11-6-10-16)18-12-9-15-13-7-4-2-3-5-8-14(13)15;4*1-2/h1,13-17,19H,8,10-12H2,2-6H3,(H,23,26,27);1,15-16,18-19H,5-8,10,13-14H2,2-3H3,(H,23,25,26);1,12-15,17-18H,8,10-11H2,2-6H3,(H,22,25,26);1,11-12,14-15,20H,4-7,10H2,2H3,(H,18,21,22);13-15H,4-9,11-12H2,1H3;4*2H,1H3/t16-,17-,19-,32?;16-,18-,19-,30?;15-,17-,18-,30?;12-,14-,15-;13-,14+,15?,19?;;;;/m1111...../s1/i6D;2D;6D;2D;;4*2T. The number of H-pyrrole nitrogens is 4. The van der Waals surface area contributed by atoms with Crippen LogP contribution < -0.4 is 49.7 Å². The number of nitrogens with one attached hydrogen (secondary N) is 4. The van der Waals surface area contributed by atoms with Gasteiger partial charge in [-0.05, 0) is 146 Å². The molecule has 142 heavy (non-hydrogen) atoms. The second-order valence-corrected chi connectivity index (χ2v) is 37.9. The number of hydrogen-bond acceptors (Lipinski definition) is 32. The summed E-state index contributed by atoms with van der Waals surface area (Å²) in [5.41, 5.74) is -4.61. The molecule has 19 atom stereocenters. The zero-order valence-electron chi connectivity index (χ0n) is 91.4. The van der Waals surface area contributed by atoms with E-state index in [9.17, 15) is 43.5 Å². The summed E-state index contributed by atoms with van der Waals surface area (Å²) >= 11 is 0. The Morgan fingerprint density at radius 1 is 0.472 bits per heavy atom. The third-order valence-electron chi connectivity index (χ3n) is 21.1. The highest BCUT2D eigenvalue weighted by Gasteiger charge is 2.48. The number of terminal acetylenes is 4. The van der Waals surface area contributed by atoms with Crippen LogP contribution in [0.25, 0.3) is 0 Å². The predicted octanol–water partition coefficient (Wildman–Crippen LogP) is 10.5. The number of unbranched alkanes of at least 4 members (excludes halogenated alkanes) is 6. The lowest BCUT2D eigenvalue weighted by Gasteiger charge is -2.37. The molecule has 44 heteroatoms. The van der Waals surface area contributed by atoms with Crippen molar-refractivity contribution in [1.29, 1.82) is 26.8 Å². The van der Waals surface area contributed by atoms with Gasteiger partial charge in [0, 0.05) is 154 Å². The molecule has 0 bridgehead atoms. The fourth-order valence-electron chi connectivity index (χ4n) is 14.6. The van der Waals surface area contributed by atoms with E-state index in [0.29, 0.717) is 45.1 Å². The molecule has 1 saturated carbocycles. The zero-order valence-corrected chi connectivity index (χ0v) is 87.0. The van der Waals surface area contributed by atoms with E-state index >= 15 is 0 Å². The molecule has 0 amide bonds. The summed E-state index contributed by atoms with van der Waals surface area (Å²) in [5.74, 6) is 30.1. The van der Waals surface area contributed by atoms with Gasteiger partial charge in [-0.25, -0.2) is 28.5 Å². The summed E-state index contributed by atoms with van der Waals surface area (Å²) < 4.78 is 138. The van der Waals surface area contributed by atoms with Crippen LogP contribution in [0.2, 0.25) is 0 Å². The van der Waals surface area contributed by atoms with E-state index in [0.717, 1.165) is 69.3 Å². The molecule has 9 N–H and O–H groups in total. The average molecular weight is 2070 g/mol. The SMILES string of the molecule is CP(OCCC#N)OCCC1[C@H]2CCC#CCC[C@@H]12.[2H]C[C@H]1O[C@@H](n2cc(C#C)c(=O)[nH]c2=O)C[C@H]1OP(OCCC#N)N(C(C)C)C(C)C.[2H]C[C@H]1O[C@@H](n2cc(C#CCCCCC#C)c(=O)[nH]c2=O)C[C@H]1O.[2H]C[C@H]1O[C@@H](n2cc(C#CCCCCC#C)c(=O)[nH]c2=O)C[C@H]1OP(C)OCCC#N.[2H]C[C@H]1O[C@@H](n2cc(OCC#C)c(=O)[nH]c2=O)C[C@H]1OP(OCCC#N)N(C(C)C)C(C)C.[3H]OC.[3H]OC.[3H]OC.[3H]OC. The Labute approximate surface area is 849 Å². The first-order chi connectivity index (χ1) is 72.0. The van der Waals surface area contributed by atoms with Crippen LogP contribution in [-0.2, 0) is 55.1 Å². The first kappa shape index (κ1) is 114. The van der Waals surface area contributed by atoms with Crippen LogP contribution >= 0.6 is 33.8 Å². The minimum Gasteiger partial charge on any atom is -0.474 e. The lowest BCUT2D eigenvalue weighted by Crippen LogP contribution is -2.35. The van der Waals surface area contributed by atoms with Gasteiger partial charge in [0.1, 0.15) is 48.2 Å². The molecule has 4 aliphatic heterocycles. The third kappa shape index (κ3) is 44.5. The quantitative estimate of drug-likeness (QED) is 0.0113. The fourth-order valence-corrected chi connectivity index (χ4v) is 19.9. The summed E-state index contributed by atoms with van der Waals surface area (Å²) in [6.07, 6.45) is 32.7. The van der Waals surface area contributed by atoms with Crippen LogP contribution in [-0.4, -0.2) is 233 Å². The van der Waals surface area contributed by atoms with Gasteiger partial charge in [0.25, 0.3) is 39.3 Å². The molecule has 8 heterocycles. The number of aliphatic hydroxyl groups is 5. The van der Waals surface area contributed by atoms with Gasteiger partial charge in [0.15, 0.2) is 16.8 Å². The van der Waals surface area contributed by atoms with Crippen molar-refractivity contribution in [3.63, 3.8) is 0 Å². The molecular formula is C98H144N14O26P4. The van der Waals surface area contributed by atoms with Gasteiger partial charge in [-0.1, -0.05) is 35.5 Å². The van der Waals surface area contributed by atoms with Gasteiger partial charge in [-0.2, -0.15) is 21.0 Å². The van der Waals surface area contributed by atoms with Gasteiger partial charge < -0.3 is 85.4 Å². The van der Waals surface area contributed by atoms with Crippen molar-refractivity contribution in [3.8, 4) is 115 Å². The zero-order chi connectivity index (χ0) is 112. The minimum absolute atomic E-state index is 0.0165. The smallest absolute Gasteiger partial charge is 0.330 e. The number of fused-ring (bicyclic) bond motifs is 1. The van der Waals surface area contributed by atoms with Crippen molar-refractivity contribution in [2.24, 2.45) is 17.8 Å². The van der Waals surface area contributed by atoms with E-state index in [2.05, 4.69) is 127 Å². The number of aliphatic hydroxyl groups excluding tert-OH is 5. The molecule has 4 saturated heterocycles. The largest absolute Gasteiger partial charge is 0.474 e. The summed E-state index contributed by atoms with van der Waals surface area (Å²) in [6.45, 7) is 21.5. The number of nitrogens with zero attached hydrogens (tertiary/aromatic N) is 10. The van der Waals surface area contributed by atoms with E-state index in [1.165, 1.54) is 84.3 Å². The van der Waals surface area contributed by atoms with Crippen molar-refractivity contribution in [3.05, 3.63) is 125 Å². The maximum absolute atomic E-state index is 12.4. The predicted molar refractivity (Wildman–Crippen MR) is 542 cm³/mol. The van der Waals surface area contributed by atoms with Crippen molar-refractivity contribution < 1.29 is 90.9 Å². The highest BCUT2D eigenvalue weighted by molar-refractivity contribution is 7.46. The molecule has 40 nitrogen and oxygen atoms in total. The lowest BCUT2D eigenvalue weighted by atomic mass is 10.1. The molecule has 4 aromatic rings. The van der Waals surface area contributed by atoms with Crippen LogP contribution in [0.1, 0.15) is 265 Å². The van der Waals surface area contributed by atoms with E-state index in [-0.39, 0.29) is 139 Å². The fraction of sp³-hybridized carbons (Fsp3) is 0.653. The van der Waals surface area contributed by atoms with Crippen molar-refractivity contribution in [2.45, 2.75) is 316 Å². The second-order valence-electron chi connectivity index (χ2n) is 32.3. The van der Waals surface area contributed by atoms with Gasteiger partial charge in [0.2, 0.25) is 11.5 Å². The van der Waals surface area contributed by atoms with E-state index in [1.54, 1.807) is 6.66 Å². The monoisotopic (exact) mass is 2070 g/mol. The van der Waals surface area contributed by atoms with E-state index in [4.69, 9.17) is 118 Å². The Hall–Kier alpha value is -9.64. The van der Waals surface area contributed by atoms with Crippen LogP contribution in [0, 0.1) is 148 Å². The topological polar surface area (TPSA) is 542 Å². The van der Waals surface area contributed by atoms with E-state index in [1.807, 2.05) is 68.1 Å². The van der Waals surface area contributed by atoms with Crippen LogP contribution in [0.5, 0.6) is 5.75 Å². The Bertz CT molecular complexity index is 5660. The van der Waals surface area contributed by atoms with Gasteiger partial charge in [-0.15, -0.1) is 49.4 Å². The molecule has 0 spiro atoms. The average Bonchev–Trinajstić information content (AvgIpc) is 1.61. The highest BCUT2D eigenvalue weighted by atomic mass is 31.2. The maximum atomic E-state index is 12.4. The number of ether oxygens (including phenoxy) is 5. The maximum Gasteiger partial charge on any atom is 0.330 e. The Kier molecular flexibility index (Phi) is 58.4. The first-order valence-corrected chi connectivity index (χ1v) is 51.5. The van der Waals surface area contributed by atoms with Crippen LogP contribution in [0.4, 0.5) is 0 Å². The summed E-state index contributed by atoms with van der Waals surface area (Å²) in [5, 5.41) is 58.6. The number of aromatic nitrogens is 8. The molecule has 5 unspecified atom stereocenters. The second kappa shape index (κ2) is 72.6. The van der Waals surface area contributed by atoms with Gasteiger partial charge >= 0.3 is 22.8 Å². The Morgan fingerprint density at radius 3 is 1.18 bits per heavy atom. The number of aromatic amines is 4. The minimum atomic E-state index is -1.55. The van der Waals surface area contributed by atoms with Crippen molar-refractivity contribution in [2.75, 3.05) is 81.4 Å². The van der Waals surface area contributed by atoms with Crippen LogP contribution in [0.15, 0.2) is 63.1 Å². The Balaban J connectivity index is 0.000000621. The number of hydrogen-bond donors (Lipinski definition) is 9. The normalized spacial score (nSPS) is 22.8. The number of nitriles is 4. The molecule has 4 aromatic heterocycles. The van der Waals surface area contributed by atoms with Gasteiger partial charge in [-0.3, -0.25) is 57.4 Å². The van der Waals surface area contributed by atoms with E-state index < -0.39 is 153 Å². The summed E-state index contributed by atoms with van der Waals surface area (Å²) in [7, 11) is 0.0395. The molecule has 0 aromatic carbocycles. The molecule has 6 aliphatic rings. The van der Waals surface area contributed by atoms with Crippen LogP contribution in [0.3, 0.4) is 0 Å². The molecule has 5 fully saturated rings. The Morgan fingerprint density at radius 2 is 0.810 bits per heavy atom.